The molecule has 0 bridgehead atoms. The third kappa shape index (κ3) is 4.46. The van der Waals surface area contributed by atoms with Crippen molar-refractivity contribution in [2.75, 3.05) is 18.8 Å². The van der Waals surface area contributed by atoms with Gasteiger partial charge in [0.1, 0.15) is 5.82 Å². The van der Waals surface area contributed by atoms with E-state index in [0.717, 1.165) is 23.8 Å². The van der Waals surface area contributed by atoms with Crippen LogP contribution < -0.4 is 4.72 Å². The first-order valence-corrected chi connectivity index (χ1v) is 8.82. The molecule has 0 unspecified atom stereocenters. The Labute approximate surface area is 145 Å². The zero-order valence-electron chi connectivity index (χ0n) is 13.1. The molecule has 0 spiro atoms. The number of rotatable bonds is 5. The zero-order chi connectivity index (χ0) is 17.9. The molecule has 1 amide bonds. The van der Waals surface area contributed by atoms with E-state index in [0.29, 0.717) is 5.69 Å². The van der Waals surface area contributed by atoms with Crippen LogP contribution in [0.15, 0.2) is 47.4 Å². The van der Waals surface area contributed by atoms with Gasteiger partial charge in [-0.2, -0.15) is 0 Å². The van der Waals surface area contributed by atoms with Crippen molar-refractivity contribution in [1.82, 2.24) is 4.90 Å². The summed E-state index contributed by atoms with van der Waals surface area (Å²) < 4.78 is 40.0. The standard InChI is InChI=1S/C16H16ClFN2O3S/c1-20(2)16(21)9-11-3-5-12(6-4-11)19-24(22,23)13-7-8-15(18)14(17)10-13/h3-8,10,19H,9H2,1-2H3. The number of benzene rings is 2. The SMILES string of the molecule is CN(C)C(=O)Cc1ccc(NS(=O)(=O)c2ccc(F)c(Cl)c2)cc1. The van der Waals surface area contributed by atoms with E-state index in [2.05, 4.69) is 4.72 Å². The predicted molar refractivity (Wildman–Crippen MR) is 91.1 cm³/mol. The quantitative estimate of drug-likeness (QED) is 0.880. The van der Waals surface area contributed by atoms with Crippen molar-refractivity contribution in [3.8, 4) is 0 Å². The number of nitrogens with zero attached hydrogens (tertiary/aromatic N) is 1. The van der Waals surface area contributed by atoms with Crippen molar-refractivity contribution in [2.24, 2.45) is 0 Å². The molecule has 8 heteroatoms. The smallest absolute Gasteiger partial charge is 0.261 e. The van der Waals surface area contributed by atoms with Crippen molar-refractivity contribution in [3.05, 3.63) is 58.9 Å². The fourth-order valence-corrected chi connectivity index (χ4v) is 3.21. The molecular formula is C16H16ClFN2O3S. The minimum absolute atomic E-state index is 0.0516. The van der Waals surface area contributed by atoms with Crippen LogP contribution in [0.25, 0.3) is 0 Å². The molecule has 1 N–H and O–H groups in total. The van der Waals surface area contributed by atoms with E-state index >= 15 is 0 Å². The average Bonchev–Trinajstić information content (AvgIpc) is 2.51. The molecule has 2 rings (SSSR count). The Morgan fingerprint density at radius 3 is 2.33 bits per heavy atom. The monoisotopic (exact) mass is 370 g/mol. The number of carbonyl (C=O) groups excluding carboxylic acids is 1. The van der Waals surface area contributed by atoms with E-state index in [1.807, 2.05) is 0 Å². The van der Waals surface area contributed by atoms with Gasteiger partial charge in [0.25, 0.3) is 10.0 Å². The lowest BCUT2D eigenvalue weighted by molar-refractivity contribution is -0.127. The summed E-state index contributed by atoms with van der Waals surface area (Å²) in [6.45, 7) is 0. The summed E-state index contributed by atoms with van der Waals surface area (Å²) in [5.41, 5.74) is 1.10. The molecule has 0 aliphatic carbocycles. The second kappa shape index (κ2) is 7.19. The summed E-state index contributed by atoms with van der Waals surface area (Å²) in [5.74, 6) is -0.741. The molecule has 128 valence electrons. The molecule has 24 heavy (non-hydrogen) atoms. The van der Waals surface area contributed by atoms with Crippen molar-refractivity contribution in [2.45, 2.75) is 11.3 Å². The lowest BCUT2D eigenvalue weighted by Gasteiger charge is -2.11. The van der Waals surface area contributed by atoms with Crippen LogP contribution in [0.2, 0.25) is 5.02 Å². The number of sulfonamides is 1. The third-order valence-electron chi connectivity index (χ3n) is 3.26. The lowest BCUT2D eigenvalue weighted by atomic mass is 10.1. The van der Waals surface area contributed by atoms with Gasteiger partial charge in [0.15, 0.2) is 0 Å². The molecule has 2 aromatic carbocycles. The Bertz CT molecular complexity index is 852. The van der Waals surface area contributed by atoms with Gasteiger partial charge in [-0.15, -0.1) is 0 Å². The number of hydrogen-bond acceptors (Lipinski definition) is 3. The molecule has 0 aliphatic heterocycles. The molecule has 0 aliphatic rings. The summed E-state index contributed by atoms with van der Waals surface area (Å²) in [6, 6.07) is 9.61. The van der Waals surface area contributed by atoms with Crippen LogP contribution in [0.5, 0.6) is 0 Å². The second-order valence-corrected chi connectivity index (χ2v) is 7.43. The highest BCUT2D eigenvalue weighted by molar-refractivity contribution is 7.92. The molecular weight excluding hydrogens is 355 g/mol. The summed E-state index contributed by atoms with van der Waals surface area (Å²) >= 11 is 5.61. The van der Waals surface area contributed by atoms with Crippen LogP contribution in [0.1, 0.15) is 5.56 Å². The van der Waals surface area contributed by atoms with Gasteiger partial charge < -0.3 is 4.90 Å². The molecule has 0 radical (unpaired) electrons. The first-order chi connectivity index (χ1) is 11.2. The fourth-order valence-electron chi connectivity index (χ4n) is 1.88. The normalized spacial score (nSPS) is 11.2. The van der Waals surface area contributed by atoms with Crippen LogP contribution in [-0.4, -0.2) is 33.3 Å². The molecule has 0 saturated carbocycles. The summed E-state index contributed by atoms with van der Waals surface area (Å²) in [7, 11) is -0.548. The summed E-state index contributed by atoms with van der Waals surface area (Å²) in [4.78, 5) is 13.0. The molecule has 0 fully saturated rings. The topological polar surface area (TPSA) is 66.5 Å². The van der Waals surface area contributed by atoms with Crippen molar-refractivity contribution in [3.63, 3.8) is 0 Å². The second-order valence-electron chi connectivity index (χ2n) is 5.34. The average molecular weight is 371 g/mol. The van der Waals surface area contributed by atoms with Crippen LogP contribution in [0.4, 0.5) is 10.1 Å². The Morgan fingerprint density at radius 2 is 1.79 bits per heavy atom. The maximum atomic E-state index is 13.1. The van der Waals surface area contributed by atoms with E-state index in [-0.39, 0.29) is 22.2 Å². The lowest BCUT2D eigenvalue weighted by Crippen LogP contribution is -2.23. The van der Waals surface area contributed by atoms with Gasteiger partial charge in [-0.1, -0.05) is 23.7 Å². The van der Waals surface area contributed by atoms with Crippen molar-refractivity contribution >= 4 is 33.2 Å². The third-order valence-corrected chi connectivity index (χ3v) is 4.93. The van der Waals surface area contributed by atoms with E-state index < -0.39 is 15.8 Å². The molecule has 2 aromatic rings. The van der Waals surface area contributed by atoms with Crippen LogP contribution in [-0.2, 0) is 21.2 Å². The minimum atomic E-state index is -3.88. The first-order valence-electron chi connectivity index (χ1n) is 6.96. The van der Waals surface area contributed by atoms with Crippen molar-refractivity contribution < 1.29 is 17.6 Å². The van der Waals surface area contributed by atoms with Crippen LogP contribution in [0, 0.1) is 5.82 Å². The number of halogens is 2. The van der Waals surface area contributed by atoms with Gasteiger partial charge in [0, 0.05) is 19.8 Å². The van der Waals surface area contributed by atoms with Gasteiger partial charge >= 0.3 is 0 Å². The number of nitrogens with one attached hydrogen (secondary N) is 1. The molecule has 0 saturated heterocycles. The van der Waals surface area contributed by atoms with Gasteiger partial charge in [0.2, 0.25) is 5.91 Å². The highest BCUT2D eigenvalue weighted by Gasteiger charge is 2.16. The highest BCUT2D eigenvalue weighted by Crippen LogP contribution is 2.22. The van der Waals surface area contributed by atoms with Crippen molar-refractivity contribution in [1.29, 1.82) is 0 Å². The Kier molecular flexibility index (Phi) is 5.46. The van der Waals surface area contributed by atoms with E-state index in [1.54, 1.807) is 38.4 Å². The molecule has 0 aromatic heterocycles. The number of carbonyl (C=O) groups is 1. The van der Waals surface area contributed by atoms with E-state index in [4.69, 9.17) is 11.6 Å². The first kappa shape index (κ1) is 18.2. The van der Waals surface area contributed by atoms with E-state index in [9.17, 15) is 17.6 Å². The van der Waals surface area contributed by atoms with Gasteiger partial charge in [-0.3, -0.25) is 9.52 Å². The summed E-state index contributed by atoms with van der Waals surface area (Å²) in [6.07, 6.45) is 0.230. The summed E-state index contributed by atoms with van der Waals surface area (Å²) in [5, 5.41) is -0.268. The number of anilines is 1. The fraction of sp³-hybridized carbons (Fsp3) is 0.188. The molecule has 0 atom stereocenters. The largest absolute Gasteiger partial charge is 0.349 e. The Hall–Kier alpha value is -2.12. The minimum Gasteiger partial charge on any atom is -0.349 e. The number of likely N-dealkylation sites (N-methyl/N-ethyl adjacent to an activating group) is 1. The van der Waals surface area contributed by atoms with E-state index in [1.165, 1.54) is 4.90 Å². The van der Waals surface area contributed by atoms with Crippen LogP contribution >= 0.6 is 11.6 Å². The van der Waals surface area contributed by atoms with Gasteiger partial charge in [0.05, 0.1) is 16.3 Å². The number of amides is 1. The van der Waals surface area contributed by atoms with Gasteiger partial charge in [-0.05, 0) is 35.9 Å². The molecule has 5 nitrogen and oxygen atoms in total. The Balaban J connectivity index is 2.15. The predicted octanol–water partition coefficient (Wildman–Crippen LogP) is 2.91. The Morgan fingerprint density at radius 1 is 1.17 bits per heavy atom. The maximum absolute atomic E-state index is 13.1. The van der Waals surface area contributed by atoms with Crippen LogP contribution in [0.3, 0.4) is 0 Å². The van der Waals surface area contributed by atoms with Gasteiger partial charge in [-0.25, -0.2) is 12.8 Å². The highest BCUT2D eigenvalue weighted by atomic mass is 35.5. The molecule has 0 heterocycles. The number of hydrogen-bond donors (Lipinski definition) is 1. The maximum Gasteiger partial charge on any atom is 0.261 e. The zero-order valence-corrected chi connectivity index (χ0v) is 14.7.